The Morgan fingerprint density at radius 1 is 0.929 bits per heavy atom. The van der Waals surface area contributed by atoms with Crippen LogP contribution in [0, 0.1) is 20.8 Å². The summed E-state index contributed by atoms with van der Waals surface area (Å²) >= 11 is 0. The van der Waals surface area contributed by atoms with Crippen molar-refractivity contribution < 1.29 is 13.2 Å². The number of anilines is 1. The Kier molecular flexibility index (Phi) is 6.20. The van der Waals surface area contributed by atoms with E-state index in [2.05, 4.69) is 5.32 Å². The summed E-state index contributed by atoms with van der Waals surface area (Å²) in [6.07, 6.45) is 3.88. The van der Waals surface area contributed by atoms with Crippen LogP contribution in [0.4, 0.5) is 5.69 Å². The second-order valence-electron chi connectivity index (χ2n) is 7.57. The van der Waals surface area contributed by atoms with E-state index < -0.39 is 10.0 Å². The predicted molar refractivity (Wildman–Crippen MR) is 112 cm³/mol. The molecule has 1 saturated heterocycles. The Hall–Kier alpha value is -2.18. The zero-order chi connectivity index (χ0) is 20.3. The lowest BCUT2D eigenvalue weighted by Gasteiger charge is -2.20. The maximum Gasteiger partial charge on any atom is 0.255 e. The first-order valence-electron chi connectivity index (χ1n) is 9.78. The van der Waals surface area contributed by atoms with E-state index in [9.17, 15) is 13.2 Å². The number of hydrogen-bond acceptors (Lipinski definition) is 3. The molecule has 1 fully saturated rings. The fourth-order valence-electron chi connectivity index (χ4n) is 3.79. The molecule has 1 N–H and O–H groups in total. The first-order valence-corrected chi connectivity index (χ1v) is 11.2. The third-order valence-corrected chi connectivity index (χ3v) is 7.11. The smallest absolute Gasteiger partial charge is 0.255 e. The molecule has 28 heavy (non-hydrogen) atoms. The number of amides is 1. The molecule has 0 aliphatic carbocycles. The zero-order valence-electron chi connectivity index (χ0n) is 16.8. The second kappa shape index (κ2) is 8.45. The summed E-state index contributed by atoms with van der Waals surface area (Å²) in [4.78, 5) is 13.0. The van der Waals surface area contributed by atoms with Gasteiger partial charge in [0.05, 0.1) is 4.90 Å². The van der Waals surface area contributed by atoms with E-state index in [0.717, 1.165) is 48.1 Å². The summed E-state index contributed by atoms with van der Waals surface area (Å²) in [5, 5.41) is 2.94. The molecule has 0 saturated carbocycles. The number of rotatable bonds is 4. The summed E-state index contributed by atoms with van der Waals surface area (Å²) in [7, 11) is -3.58. The van der Waals surface area contributed by atoms with E-state index in [-0.39, 0.29) is 10.8 Å². The summed E-state index contributed by atoms with van der Waals surface area (Å²) in [5.41, 5.74) is 4.23. The quantitative estimate of drug-likeness (QED) is 0.826. The van der Waals surface area contributed by atoms with Gasteiger partial charge in [-0.25, -0.2) is 8.42 Å². The molecule has 1 aliphatic heterocycles. The van der Waals surface area contributed by atoms with Gasteiger partial charge in [-0.3, -0.25) is 4.79 Å². The molecule has 6 heteroatoms. The molecule has 0 bridgehead atoms. The van der Waals surface area contributed by atoms with Crippen LogP contribution in [-0.4, -0.2) is 31.7 Å². The molecule has 2 aromatic rings. The third kappa shape index (κ3) is 4.45. The van der Waals surface area contributed by atoms with Crippen LogP contribution in [0.15, 0.2) is 41.3 Å². The second-order valence-corrected chi connectivity index (χ2v) is 9.51. The first kappa shape index (κ1) is 20.6. The average molecular weight is 401 g/mol. The lowest BCUT2D eigenvalue weighted by molar-refractivity contribution is 0.102. The lowest BCUT2D eigenvalue weighted by Crippen LogP contribution is -2.32. The number of hydrogen-bond donors (Lipinski definition) is 1. The van der Waals surface area contributed by atoms with Gasteiger partial charge >= 0.3 is 0 Å². The fraction of sp³-hybridized carbons (Fsp3) is 0.409. The van der Waals surface area contributed by atoms with Crippen molar-refractivity contribution in [2.45, 2.75) is 51.3 Å². The number of carbonyl (C=O) groups is 1. The molecule has 0 atom stereocenters. The number of nitrogens with one attached hydrogen (secondary N) is 1. The van der Waals surface area contributed by atoms with Crippen molar-refractivity contribution in [1.82, 2.24) is 4.31 Å². The van der Waals surface area contributed by atoms with Gasteiger partial charge in [0.2, 0.25) is 10.0 Å². The van der Waals surface area contributed by atoms with Crippen LogP contribution >= 0.6 is 0 Å². The van der Waals surface area contributed by atoms with E-state index in [1.54, 1.807) is 22.5 Å². The Labute approximate surface area is 167 Å². The van der Waals surface area contributed by atoms with Crippen molar-refractivity contribution in [2.24, 2.45) is 0 Å². The van der Waals surface area contributed by atoms with Crippen LogP contribution in [0.5, 0.6) is 0 Å². The van der Waals surface area contributed by atoms with Gasteiger partial charge in [0.25, 0.3) is 5.91 Å². The SMILES string of the molecule is Cc1cc(C)c(NC(=O)c2cccc(S(=O)(=O)N3CCCCCC3)c2)c(C)c1. The number of carbonyl (C=O) groups excluding carboxylic acids is 1. The van der Waals surface area contributed by atoms with Gasteiger partial charge in [-0.1, -0.05) is 36.6 Å². The van der Waals surface area contributed by atoms with Crippen molar-refractivity contribution >= 4 is 21.6 Å². The van der Waals surface area contributed by atoms with Crippen molar-refractivity contribution in [3.8, 4) is 0 Å². The molecule has 0 aromatic heterocycles. The van der Waals surface area contributed by atoms with Crippen molar-refractivity contribution in [3.63, 3.8) is 0 Å². The maximum absolute atomic E-state index is 13.0. The number of benzene rings is 2. The fourth-order valence-corrected chi connectivity index (χ4v) is 5.36. The van der Waals surface area contributed by atoms with Crippen molar-refractivity contribution in [2.75, 3.05) is 18.4 Å². The van der Waals surface area contributed by atoms with Crippen LogP contribution in [0.2, 0.25) is 0 Å². The molecule has 150 valence electrons. The Balaban J connectivity index is 1.86. The standard InChI is InChI=1S/C22H28N2O3S/c1-16-13-17(2)21(18(3)14-16)23-22(25)19-9-8-10-20(15-19)28(26,27)24-11-6-4-5-7-12-24/h8-10,13-15H,4-7,11-12H2,1-3H3,(H,23,25). The van der Waals surface area contributed by atoms with Gasteiger partial charge in [-0.15, -0.1) is 0 Å². The van der Waals surface area contributed by atoms with E-state index in [1.807, 2.05) is 32.9 Å². The minimum atomic E-state index is -3.58. The molecule has 5 nitrogen and oxygen atoms in total. The normalized spacial score (nSPS) is 15.8. The molecule has 1 heterocycles. The highest BCUT2D eigenvalue weighted by molar-refractivity contribution is 7.89. The highest BCUT2D eigenvalue weighted by Gasteiger charge is 2.26. The minimum absolute atomic E-state index is 0.180. The molecule has 0 unspecified atom stereocenters. The lowest BCUT2D eigenvalue weighted by atomic mass is 10.0. The maximum atomic E-state index is 13.0. The van der Waals surface area contributed by atoms with Gasteiger partial charge in [-0.2, -0.15) is 4.31 Å². The van der Waals surface area contributed by atoms with Gasteiger partial charge in [0.15, 0.2) is 0 Å². The zero-order valence-corrected chi connectivity index (χ0v) is 17.6. The highest BCUT2D eigenvalue weighted by atomic mass is 32.2. The molecular weight excluding hydrogens is 372 g/mol. The first-order chi connectivity index (χ1) is 13.3. The Morgan fingerprint density at radius 2 is 1.54 bits per heavy atom. The minimum Gasteiger partial charge on any atom is -0.322 e. The highest BCUT2D eigenvalue weighted by Crippen LogP contribution is 2.24. The van der Waals surface area contributed by atoms with Crippen LogP contribution in [0.25, 0.3) is 0 Å². The average Bonchev–Trinajstić information content (AvgIpc) is 2.94. The topological polar surface area (TPSA) is 66.5 Å². The molecule has 0 radical (unpaired) electrons. The predicted octanol–water partition coefficient (Wildman–Crippen LogP) is 4.43. The van der Waals surface area contributed by atoms with Crippen LogP contribution in [0.3, 0.4) is 0 Å². The van der Waals surface area contributed by atoms with Crippen LogP contribution in [-0.2, 0) is 10.0 Å². The van der Waals surface area contributed by atoms with Gasteiger partial charge in [0.1, 0.15) is 0 Å². The molecule has 1 aliphatic rings. The summed E-state index contributed by atoms with van der Waals surface area (Å²) in [6, 6.07) is 10.4. The van der Waals surface area contributed by atoms with E-state index in [1.165, 1.54) is 6.07 Å². The van der Waals surface area contributed by atoms with Gasteiger partial charge < -0.3 is 5.32 Å². The summed E-state index contributed by atoms with van der Waals surface area (Å²) in [5.74, 6) is -0.303. The molecule has 3 rings (SSSR count). The number of nitrogens with zero attached hydrogens (tertiary/aromatic N) is 1. The van der Waals surface area contributed by atoms with E-state index in [4.69, 9.17) is 0 Å². The Morgan fingerprint density at radius 3 is 2.14 bits per heavy atom. The number of aryl methyl sites for hydroxylation is 3. The van der Waals surface area contributed by atoms with E-state index >= 15 is 0 Å². The van der Waals surface area contributed by atoms with Gasteiger partial charge in [0, 0.05) is 24.3 Å². The molecule has 0 spiro atoms. The number of sulfonamides is 1. The van der Waals surface area contributed by atoms with Crippen LogP contribution < -0.4 is 5.32 Å². The van der Waals surface area contributed by atoms with Crippen LogP contribution in [0.1, 0.15) is 52.7 Å². The molecular formula is C22H28N2O3S. The summed E-state index contributed by atoms with van der Waals surface area (Å²) < 4.78 is 27.6. The molecule has 2 aromatic carbocycles. The molecule has 1 amide bonds. The summed E-state index contributed by atoms with van der Waals surface area (Å²) in [6.45, 7) is 7.01. The van der Waals surface area contributed by atoms with Crippen molar-refractivity contribution in [3.05, 3.63) is 58.7 Å². The largest absolute Gasteiger partial charge is 0.322 e. The van der Waals surface area contributed by atoms with Gasteiger partial charge in [-0.05, 0) is 62.9 Å². The monoisotopic (exact) mass is 400 g/mol. The van der Waals surface area contributed by atoms with Crippen molar-refractivity contribution in [1.29, 1.82) is 0 Å². The third-order valence-electron chi connectivity index (χ3n) is 5.21. The van der Waals surface area contributed by atoms with E-state index in [0.29, 0.717) is 18.7 Å². The Bertz CT molecular complexity index is 952.